The van der Waals surface area contributed by atoms with Crippen molar-refractivity contribution in [1.82, 2.24) is 10.2 Å². The monoisotopic (exact) mass is 432 g/mol. The van der Waals surface area contributed by atoms with Crippen molar-refractivity contribution >= 4 is 17.8 Å². The quantitative estimate of drug-likeness (QED) is 0.498. The summed E-state index contributed by atoms with van der Waals surface area (Å²) in [6.07, 6.45) is -0.236. The molecule has 2 bridgehead atoms. The molecule has 1 saturated carbocycles. The number of benzene rings is 1. The lowest BCUT2D eigenvalue weighted by atomic mass is 9.49. The summed E-state index contributed by atoms with van der Waals surface area (Å²) in [5, 5.41) is 32.1. The van der Waals surface area contributed by atoms with Crippen LogP contribution in [-0.4, -0.2) is 82.1 Å². The van der Waals surface area contributed by atoms with Crippen LogP contribution in [0.5, 0.6) is 11.5 Å². The summed E-state index contributed by atoms with van der Waals surface area (Å²) in [5.41, 5.74) is -0.365. The molecule has 5 atom stereocenters. The first-order valence-corrected chi connectivity index (χ1v) is 10.3. The number of aliphatic hydroxyl groups excluding tert-OH is 1. The third kappa shape index (κ3) is 2.52. The molecule has 31 heavy (non-hydrogen) atoms. The Bertz CT molecular complexity index is 996. The molecule has 5 rings (SSSR count). The highest BCUT2D eigenvalue weighted by atomic mass is 16.6. The molecule has 4 N–H and O–H groups in total. The van der Waals surface area contributed by atoms with Crippen LogP contribution >= 0.6 is 0 Å². The van der Waals surface area contributed by atoms with E-state index in [0.29, 0.717) is 25.8 Å². The molecular weight excluding hydrogens is 408 g/mol. The molecule has 2 fully saturated rings. The fourth-order valence-electron chi connectivity index (χ4n) is 6.06. The van der Waals surface area contributed by atoms with Crippen molar-refractivity contribution in [3.63, 3.8) is 0 Å². The zero-order valence-corrected chi connectivity index (χ0v) is 17.0. The summed E-state index contributed by atoms with van der Waals surface area (Å²) in [6, 6.07) is 1.71. The maximum atomic E-state index is 12.9. The smallest absolute Gasteiger partial charge is 0.413 e. The average molecular weight is 432 g/mol. The molecule has 0 radical (unpaired) electrons. The van der Waals surface area contributed by atoms with Crippen LogP contribution in [0.15, 0.2) is 12.1 Å². The highest BCUT2D eigenvalue weighted by molar-refractivity contribution is 5.90. The van der Waals surface area contributed by atoms with Crippen LogP contribution in [0.3, 0.4) is 0 Å². The Labute approximate surface area is 177 Å². The first-order valence-electron chi connectivity index (χ1n) is 10.3. The molecule has 1 spiro atoms. The number of ether oxygens (including phenoxy) is 2. The number of hydrogen-bond acceptors (Lipinski definition) is 8. The topological polar surface area (TPSA) is 146 Å². The lowest BCUT2D eigenvalue weighted by Crippen LogP contribution is -2.76. The Kier molecular flexibility index (Phi) is 4.34. The number of ketones is 1. The van der Waals surface area contributed by atoms with Gasteiger partial charge in [-0.2, -0.15) is 0 Å². The average Bonchev–Trinajstić information content (AvgIpc) is 3.09. The Balaban J connectivity index is 1.57. The van der Waals surface area contributed by atoms with Crippen molar-refractivity contribution in [2.24, 2.45) is 0 Å². The van der Waals surface area contributed by atoms with E-state index in [0.717, 1.165) is 11.1 Å². The molecule has 1 saturated heterocycles. The van der Waals surface area contributed by atoms with E-state index >= 15 is 0 Å². The Morgan fingerprint density at radius 3 is 2.87 bits per heavy atom. The van der Waals surface area contributed by atoms with Gasteiger partial charge in [0.1, 0.15) is 0 Å². The highest BCUT2D eigenvalue weighted by Gasteiger charge is 2.72. The molecule has 1 aromatic carbocycles. The predicted octanol–water partition coefficient (Wildman–Crippen LogP) is -0.426. The van der Waals surface area contributed by atoms with Crippen LogP contribution in [-0.2, 0) is 21.4 Å². The largest absolute Gasteiger partial charge is 0.480 e. The van der Waals surface area contributed by atoms with Crippen molar-refractivity contribution in [2.45, 2.75) is 54.9 Å². The standard InChI is InChI=1S/C21H24N2O8/c1-23-7-6-20-15-10-2-3-13(30-19(28)22-11(9-24)18(26)27)16(15)31-17(20)12(25)4-5-21(20,29)14(23)8-10/h2-3,11,14,17,24,29H,4-9H2,1H3,(H,22,28)(H,26,27)/t11-,14?,17+,20?,21?/m1/s1. The van der Waals surface area contributed by atoms with Gasteiger partial charge in [0, 0.05) is 18.0 Å². The van der Waals surface area contributed by atoms with Gasteiger partial charge in [0.15, 0.2) is 29.4 Å². The Morgan fingerprint density at radius 2 is 2.16 bits per heavy atom. The SMILES string of the molecule is CN1CCC23c4c5ccc(OC(=O)N[C@H](CO)C(=O)O)c4O[C@H]2C(=O)CCC3(O)C1C5. The number of likely N-dealkylation sites (tertiary alicyclic amines) is 1. The molecule has 4 aliphatic rings. The molecule has 2 heterocycles. The number of carboxylic acid groups (broad SMARTS) is 1. The van der Waals surface area contributed by atoms with Crippen molar-refractivity contribution in [2.75, 3.05) is 20.2 Å². The van der Waals surface area contributed by atoms with Gasteiger partial charge in [-0.3, -0.25) is 4.79 Å². The number of likely N-dealkylation sites (N-methyl/N-ethyl adjacent to an activating group) is 1. The van der Waals surface area contributed by atoms with Gasteiger partial charge in [0.2, 0.25) is 0 Å². The Morgan fingerprint density at radius 1 is 1.39 bits per heavy atom. The molecule has 1 aromatic rings. The van der Waals surface area contributed by atoms with Gasteiger partial charge in [0.25, 0.3) is 0 Å². The van der Waals surface area contributed by atoms with E-state index in [1.807, 2.05) is 7.05 Å². The summed E-state index contributed by atoms with van der Waals surface area (Å²) >= 11 is 0. The molecule has 10 nitrogen and oxygen atoms in total. The van der Waals surface area contributed by atoms with E-state index in [2.05, 4.69) is 10.2 Å². The molecule has 166 valence electrons. The number of aliphatic carboxylic acids is 1. The third-order valence-corrected chi connectivity index (χ3v) is 7.49. The number of hydrogen-bond donors (Lipinski definition) is 4. The Hall–Kier alpha value is -2.69. The van der Waals surface area contributed by atoms with Gasteiger partial charge >= 0.3 is 12.1 Å². The second-order valence-corrected chi connectivity index (χ2v) is 8.84. The zero-order valence-electron chi connectivity index (χ0n) is 17.0. The van der Waals surface area contributed by atoms with Crippen LogP contribution < -0.4 is 14.8 Å². The number of Topliss-reactive ketones (excluding diaryl/α,β-unsaturated/α-hetero) is 1. The summed E-state index contributed by atoms with van der Waals surface area (Å²) < 4.78 is 11.4. The second kappa shape index (κ2) is 6.65. The first kappa shape index (κ1) is 20.2. The number of rotatable bonds is 4. The van der Waals surface area contributed by atoms with Crippen LogP contribution in [0.2, 0.25) is 0 Å². The van der Waals surface area contributed by atoms with E-state index in [1.54, 1.807) is 12.1 Å². The molecule has 1 amide bonds. The summed E-state index contributed by atoms with van der Waals surface area (Å²) in [5.74, 6) is -1.18. The van der Waals surface area contributed by atoms with Crippen LogP contribution in [0, 0.1) is 0 Å². The predicted molar refractivity (Wildman–Crippen MR) is 104 cm³/mol. The van der Waals surface area contributed by atoms with E-state index in [4.69, 9.17) is 19.7 Å². The summed E-state index contributed by atoms with van der Waals surface area (Å²) in [4.78, 5) is 38.3. The van der Waals surface area contributed by atoms with E-state index in [9.17, 15) is 19.5 Å². The molecule has 10 heteroatoms. The van der Waals surface area contributed by atoms with Crippen molar-refractivity contribution in [3.8, 4) is 11.5 Å². The highest BCUT2D eigenvalue weighted by Crippen LogP contribution is 2.64. The third-order valence-electron chi connectivity index (χ3n) is 7.49. The lowest BCUT2D eigenvalue weighted by molar-refractivity contribution is -0.185. The fraction of sp³-hybridized carbons (Fsp3) is 0.571. The van der Waals surface area contributed by atoms with Crippen molar-refractivity contribution < 1.29 is 39.2 Å². The molecule has 2 aliphatic carbocycles. The van der Waals surface area contributed by atoms with Gasteiger partial charge in [-0.05, 0) is 44.5 Å². The van der Waals surface area contributed by atoms with E-state index in [1.165, 1.54) is 0 Å². The number of aliphatic hydroxyl groups is 2. The van der Waals surface area contributed by atoms with E-state index < -0.39 is 41.8 Å². The molecular formula is C21H24N2O8. The number of nitrogens with one attached hydrogen (secondary N) is 1. The summed E-state index contributed by atoms with van der Waals surface area (Å²) in [6.45, 7) is -0.0963. The maximum Gasteiger partial charge on any atom is 0.413 e. The minimum absolute atomic E-state index is 0.0506. The minimum atomic E-state index is -1.51. The van der Waals surface area contributed by atoms with Crippen molar-refractivity contribution in [1.29, 1.82) is 0 Å². The van der Waals surface area contributed by atoms with Crippen LogP contribution in [0.1, 0.15) is 30.4 Å². The molecule has 3 unspecified atom stereocenters. The van der Waals surface area contributed by atoms with Gasteiger partial charge < -0.3 is 35.0 Å². The molecule has 0 aromatic heterocycles. The number of amides is 1. The first-order chi connectivity index (χ1) is 14.7. The number of piperidine rings is 1. The lowest BCUT2D eigenvalue weighted by Gasteiger charge is -2.61. The maximum absolute atomic E-state index is 12.9. The fourth-order valence-corrected chi connectivity index (χ4v) is 6.06. The van der Waals surface area contributed by atoms with Gasteiger partial charge in [-0.25, -0.2) is 9.59 Å². The van der Waals surface area contributed by atoms with Crippen LogP contribution in [0.4, 0.5) is 4.79 Å². The van der Waals surface area contributed by atoms with Gasteiger partial charge in [-0.1, -0.05) is 6.07 Å². The number of carbonyl (C=O) groups excluding carboxylic acids is 2. The summed E-state index contributed by atoms with van der Waals surface area (Å²) in [7, 11) is 1.98. The zero-order chi connectivity index (χ0) is 22.1. The van der Waals surface area contributed by atoms with E-state index in [-0.39, 0.29) is 29.7 Å². The normalized spacial score (nSPS) is 33.8. The van der Waals surface area contributed by atoms with Gasteiger partial charge in [-0.15, -0.1) is 0 Å². The van der Waals surface area contributed by atoms with Crippen molar-refractivity contribution in [3.05, 3.63) is 23.3 Å². The molecule has 2 aliphatic heterocycles. The second-order valence-electron chi connectivity index (χ2n) is 8.84. The minimum Gasteiger partial charge on any atom is -0.480 e. The van der Waals surface area contributed by atoms with Gasteiger partial charge in [0.05, 0.1) is 17.6 Å². The number of carbonyl (C=O) groups is 3. The number of nitrogens with zero attached hydrogens (tertiary/aromatic N) is 1. The number of carboxylic acids is 1. The van der Waals surface area contributed by atoms with Crippen LogP contribution in [0.25, 0.3) is 0 Å².